The summed E-state index contributed by atoms with van der Waals surface area (Å²) in [5, 5.41) is 10.0. The molecule has 1 unspecified atom stereocenters. The second kappa shape index (κ2) is 10.5. The van der Waals surface area contributed by atoms with Crippen LogP contribution in [0.1, 0.15) is 51.5 Å². The average molecular weight is 406 g/mol. The van der Waals surface area contributed by atoms with Gasteiger partial charge in [0.05, 0.1) is 15.7 Å². The zero-order valence-corrected chi connectivity index (χ0v) is 17.3. The minimum absolute atomic E-state index is 0.137. The lowest BCUT2D eigenvalue weighted by Gasteiger charge is -2.30. The Morgan fingerprint density at radius 2 is 1.89 bits per heavy atom. The lowest BCUT2D eigenvalue weighted by molar-refractivity contribution is -0.384. The molecule has 28 heavy (non-hydrogen) atoms. The van der Waals surface area contributed by atoms with Gasteiger partial charge >= 0.3 is 0 Å². The molecule has 2 aromatic rings. The van der Waals surface area contributed by atoms with Crippen LogP contribution in [0.5, 0.6) is 0 Å². The minimum Gasteiger partial charge on any atom is -0.258 e. The van der Waals surface area contributed by atoms with Crippen LogP contribution in [0, 0.1) is 21.3 Å². The molecular weight excluding hydrogens is 377 g/mol. The normalized spacial score (nSPS) is 21.0. The smallest absolute Gasteiger partial charge is 0.258 e. The average Bonchev–Trinajstić information content (AvgIpc) is 2.84. The molecule has 0 saturated heterocycles. The number of hydrogen-bond acceptors (Lipinski definition) is 3. The van der Waals surface area contributed by atoms with Gasteiger partial charge < -0.3 is 0 Å². The van der Waals surface area contributed by atoms with E-state index in [1.165, 1.54) is 31.0 Å². The van der Waals surface area contributed by atoms with Crippen LogP contribution in [-0.4, -0.2) is 14.9 Å². The highest BCUT2D eigenvalue weighted by atomic mass is 32.2. The van der Waals surface area contributed by atoms with Crippen molar-refractivity contribution >= 4 is 16.5 Å². The zero-order valence-electron chi connectivity index (χ0n) is 16.5. The van der Waals surface area contributed by atoms with E-state index in [4.69, 9.17) is 0 Å². The van der Waals surface area contributed by atoms with Gasteiger partial charge in [0.15, 0.2) is 0 Å². The van der Waals surface area contributed by atoms with Gasteiger partial charge in [-0.3, -0.25) is 14.3 Å². The van der Waals surface area contributed by atoms with E-state index in [1.807, 2.05) is 0 Å². The Morgan fingerprint density at radius 1 is 1.18 bits per heavy atom. The maximum Gasteiger partial charge on any atom is 0.269 e. The summed E-state index contributed by atoms with van der Waals surface area (Å²) in [6.07, 6.45) is 6.46. The van der Waals surface area contributed by atoms with Crippen LogP contribution >= 0.6 is 0 Å². The van der Waals surface area contributed by atoms with Crippen molar-refractivity contribution in [2.75, 3.05) is 5.75 Å². The van der Waals surface area contributed by atoms with E-state index in [-0.39, 0.29) is 16.9 Å². The molecule has 2 atom stereocenters. The number of nitro benzene ring substituents is 1. The minimum atomic E-state index is -0.980. The number of nitro groups is 1. The van der Waals surface area contributed by atoms with Crippen LogP contribution in [-0.2, 0) is 17.2 Å². The lowest BCUT2D eigenvalue weighted by Crippen LogP contribution is -2.26. The first-order chi connectivity index (χ1) is 13.4. The summed E-state index contributed by atoms with van der Waals surface area (Å²) in [7, 11) is -0.980. The molecule has 0 aromatic heterocycles. The number of hydrogen-bond donors (Lipinski definition) is 0. The van der Waals surface area contributed by atoms with Crippen molar-refractivity contribution in [2.24, 2.45) is 5.41 Å². The zero-order chi connectivity index (χ0) is 20.6. The predicted molar refractivity (Wildman–Crippen MR) is 111 cm³/mol. The monoisotopic (exact) mass is 405 g/mol. The molecule has 0 spiro atoms. The highest BCUT2D eigenvalue weighted by molar-refractivity contribution is 7.85. The Labute approximate surface area is 168 Å². The van der Waals surface area contributed by atoms with Gasteiger partial charge in [0.2, 0.25) is 0 Å². The number of fused-ring (bicyclic) bond motifs is 1. The van der Waals surface area contributed by atoms with Gasteiger partial charge in [0.1, 0.15) is 5.82 Å². The summed E-state index contributed by atoms with van der Waals surface area (Å²) < 4.78 is 25.9. The predicted octanol–water partition coefficient (Wildman–Crippen LogP) is 6.06. The first kappa shape index (κ1) is 22.2. The van der Waals surface area contributed by atoms with Crippen molar-refractivity contribution < 1.29 is 13.5 Å². The summed E-state index contributed by atoms with van der Waals surface area (Å²) in [6.45, 7) is 4.39. The Morgan fingerprint density at radius 3 is 2.46 bits per heavy atom. The summed E-state index contributed by atoms with van der Waals surface area (Å²) in [5.74, 6) is 0.524. The fourth-order valence-corrected chi connectivity index (χ4v) is 5.43. The van der Waals surface area contributed by atoms with E-state index in [9.17, 15) is 18.7 Å². The number of non-ortho nitro benzene ring substituents is 1. The SMILES string of the molecule is CCCC[C@@]1(CC)CCc2cc(F)ccc2S(=O)C1.O=[N+]([O-])c1ccccc1. The van der Waals surface area contributed by atoms with E-state index in [0.29, 0.717) is 0 Å². The fourth-order valence-electron chi connectivity index (χ4n) is 3.55. The first-order valence-electron chi connectivity index (χ1n) is 9.77. The van der Waals surface area contributed by atoms with Gasteiger partial charge in [0.25, 0.3) is 5.69 Å². The molecule has 1 aliphatic heterocycles. The third-order valence-corrected chi connectivity index (χ3v) is 7.17. The van der Waals surface area contributed by atoms with Crippen LogP contribution in [0.4, 0.5) is 10.1 Å². The number of halogens is 1. The number of unbranched alkanes of at least 4 members (excludes halogenated alkanes) is 1. The van der Waals surface area contributed by atoms with Crippen molar-refractivity contribution in [1.29, 1.82) is 0 Å². The molecule has 0 fully saturated rings. The van der Waals surface area contributed by atoms with Gasteiger partial charge in [-0.15, -0.1) is 0 Å². The van der Waals surface area contributed by atoms with Gasteiger partial charge in [0, 0.05) is 22.8 Å². The number of aryl methyl sites for hydroxylation is 1. The third kappa shape index (κ3) is 5.96. The van der Waals surface area contributed by atoms with E-state index in [2.05, 4.69) is 13.8 Å². The van der Waals surface area contributed by atoms with Crippen molar-refractivity contribution in [2.45, 2.75) is 57.3 Å². The number of nitrogens with zero attached hydrogens (tertiary/aromatic N) is 1. The second-order valence-corrected chi connectivity index (χ2v) is 8.71. The molecule has 4 nitrogen and oxygen atoms in total. The van der Waals surface area contributed by atoms with Gasteiger partial charge in [-0.25, -0.2) is 4.39 Å². The quantitative estimate of drug-likeness (QED) is 0.449. The Hall–Kier alpha value is -2.08. The summed E-state index contributed by atoms with van der Waals surface area (Å²) in [4.78, 5) is 10.4. The molecular formula is C22H28FNO3S. The molecule has 3 rings (SSSR count). The van der Waals surface area contributed by atoms with Crippen molar-refractivity contribution in [3.8, 4) is 0 Å². The van der Waals surface area contributed by atoms with Crippen LogP contribution < -0.4 is 0 Å². The Bertz CT molecular complexity index is 813. The molecule has 0 radical (unpaired) electrons. The van der Waals surface area contributed by atoms with Crippen LogP contribution in [0.15, 0.2) is 53.4 Å². The standard InChI is InChI=1S/C16H23FOS.C6H5NO2/c1-3-5-9-16(4-2)10-8-13-11-14(17)6-7-15(13)19(18)12-16;8-7(9)6-4-2-1-3-5-6/h6-7,11H,3-5,8-10,12H2,1-2H3;1-5H/t16-,19?;/m0./s1. The molecule has 1 heterocycles. The van der Waals surface area contributed by atoms with E-state index < -0.39 is 15.7 Å². The molecule has 6 heteroatoms. The number of rotatable bonds is 5. The Kier molecular flexibility index (Phi) is 8.30. The molecule has 152 valence electrons. The van der Waals surface area contributed by atoms with E-state index in [1.54, 1.807) is 30.3 Å². The summed E-state index contributed by atoms with van der Waals surface area (Å²) >= 11 is 0. The van der Waals surface area contributed by atoms with Crippen LogP contribution in [0.25, 0.3) is 0 Å². The fraction of sp³-hybridized carbons (Fsp3) is 0.455. The van der Waals surface area contributed by atoms with E-state index in [0.717, 1.165) is 41.9 Å². The summed E-state index contributed by atoms with van der Waals surface area (Å²) in [6, 6.07) is 12.6. The van der Waals surface area contributed by atoms with Crippen molar-refractivity contribution in [3.63, 3.8) is 0 Å². The molecule has 1 aliphatic rings. The molecule has 0 saturated carbocycles. The maximum atomic E-state index is 13.3. The van der Waals surface area contributed by atoms with Crippen molar-refractivity contribution in [1.82, 2.24) is 0 Å². The third-order valence-electron chi connectivity index (χ3n) is 5.41. The summed E-state index contributed by atoms with van der Waals surface area (Å²) in [5.41, 5.74) is 1.26. The number of para-hydroxylation sites is 1. The highest BCUT2D eigenvalue weighted by Crippen LogP contribution is 2.39. The van der Waals surface area contributed by atoms with Gasteiger partial charge in [-0.2, -0.15) is 0 Å². The molecule has 0 bridgehead atoms. The van der Waals surface area contributed by atoms with Gasteiger partial charge in [-0.05, 0) is 54.9 Å². The van der Waals surface area contributed by atoms with Gasteiger partial charge in [-0.1, -0.05) is 44.9 Å². The topological polar surface area (TPSA) is 60.2 Å². The molecule has 0 N–H and O–H groups in total. The molecule has 0 amide bonds. The van der Waals surface area contributed by atoms with Crippen LogP contribution in [0.3, 0.4) is 0 Å². The first-order valence-corrected chi connectivity index (χ1v) is 11.1. The molecule has 2 aromatic carbocycles. The lowest BCUT2D eigenvalue weighted by atomic mass is 9.77. The maximum absolute atomic E-state index is 13.3. The van der Waals surface area contributed by atoms with Crippen molar-refractivity contribution in [3.05, 3.63) is 70.0 Å². The van der Waals surface area contributed by atoms with E-state index >= 15 is 0 Å². The Balaban J connectivity index is 0.000000261. The second-order valence-electron chi connectivity index (χ2n) is 7.29. The van der Waals surface area contributed by atoms with Crippen LogP contribution in [0.2, 0.25) is 0 Å². The largest absolute Gasteiger partial charge is 0.269 e. The molecule has 0 aliphatic carbocycles. The number of benzene rings is 2. The highest BCUT2D eigenvalue weighted by Gasteiger charge is 2.33.